The zero-order valence-electron chi connectivity index (χ0n) is 12.5. The van der Waals surface area contributed by atoms with Gasteiger partial charge in [-0.25, -0.2) is 8.42 Å². The van der Waals surface area contributed by atoms with Crippen LogP contribution in [0.25, 0.3) is 0 Å². The third-order valence-electron chi connectivity index (χ3n) is 3.45. The van der Waals surface area contributed by atoms with Crippen LogP contribution in [0.3, 0.4) is 0 Å². The van der Waals surface area contributed by atoms with Crippen molar-refractivity contribution in [2.45, 2.75) is 26.4 Å². The summed E-state index contributed by atoms with van der Waals surface area (Å²) in [6.45, 7) is 5.65. The summed E-state index contributed by atoms with van der Waals surface area (Å²) in [5.74, 6) is 0.370. The average molecular weight is 310 g/mol. The molecule has 6 heteroatoms. The Bertz CT molecular complexity index is 597. The van der Waals surface area contributed by atoms with Crippen LogP contribution in [0.1, 0.15) is 29.8 Å². The van der Waals surface area contributed by atoms with E-state index in [1.165, 1.54) is 0 Å². The van der Waals surface area contributed by atoms with E-state index >= 15 is 0 Å². The number of rotatable bonds is 4. The SMILES string of the molecule is CC(C)NC(=O)c1cccc(CN2CCS(=O)(=O)CC2)c1. The molecule has 1 saturated heterocycles. The molecule has 0 aromatic heterocycles. The second-order valence-corrected chi connectivity index (χ2v) is 8.06. The molecule has 0 atom stereocenters. The van der Waals surface area contributed by atoms with Crippen LogP contribution in [-0.2, 0) is 16.4 Å². The Labute approximate surface area is 126 Å². The first-order chi connectivity index (χ1) is 9.85. The van der Waals surface area contributed by atoms with Crippen molar-refractivity contribution in [3.8, 4) is 0 Å². The molecular formula is C15H22N2O3S. The second kappa shape index (κ2) is 6.58. The molecule has 0 aliphatic carbocycles. The summed E-state index contributed by atoms with van der Waals surface area (Å²) in [6, 6.07) is 7.61. The van der Waals surface area contributed by atoms with Gasteiger partial charge in [0.2, 0.25) is 0 Å². The fourth-order valence-corrected chi connectivity index (χ4v) is 3.60. The Balaban J connectivity index is 2.00. The van der Waals surface area contributed by atoms with Crippen LogP contribution in [0.15, 0.2) is 24.3 Å². The third kappa shape index (κ3) is 4.82. The lowest BCUT2D eigenvalue weighted by Crippen LogP contribution is -2.39. The van der Waals surface area contributed by atoms with E-state index in [9.17, 15) is 13.2 Å². The van der Waals surface area contributed by atoms with E-state index in [-0.39, 0.29) is 23.5 Å². The van der Waals surface area contributed by atoms with E-state index in [4.69, 9.17) is 0 Å². The highest BCUT2D eigenvalue weighted by atomic mass is 32.2. The van der Waals surface area contributed by atoms with Gasteiger partial charge in [0.05, 0.1) is 11.5 Å². The van der Waals surface area contributed by atoms with Crippen LogP contribution in [0.2, 0.25) is 0 Å². The van der Waals surface area contributed by atoms with Crippen LogP contribution in [-0.4, -0.2) is 49.9 Å². The number of nitrogens with zero attached hydrogens (tertiary/aromatic N) is 1. The minimum Gasteiger partial charge on any atom is -0.350 e. The van der Waals surface area contributed by atoms with Crippen LogP contribution in [0.4, 0.5) is 0 Å². The number of hydrogen-bond donors (Lipinski definition) is 1. The number of carbonyl (C=O) groups is 1. The largest absolute Gasteiger partial charge is 0.350 e. The van der Waals surface area contributed by atoms with E-state index in [1.54, 1.807) is 6.07 Å². The number of nitrogens with one attached hydrogen (secondary N) is 1. The molecule has 0 saturated carbocycles. The predicted octanol–water partition coefficient (Wildman–Crippen LogP) is 1.06. The molecule has 1 aromatic carbocycles. The van der Waals surface area contributed by atoms with Crippen LogP contribution < -0.4 is 5.32 Å². The number of benzene rings is 1. The zero-order valence-corrected chi connectivity index (χ0v) is 13.3. The number of carbonyl (C=O) groups excluding carboxylic acids is 1. The second-order valence-electron chi connectivity index (χ2n) is 5.76. The summed E-state index contributed by atoms with van der Waals surface area (Å²) in [6.07, 6.45) is 0. The molecule has 1 aliphatic heterocycles. The van der Waals surface area contributed by atoms with Crippen molar-refractivity contribution in [1.29, 1.82) is 0 Å². The monoisotopic (exact) mass is 310 g/mol. The van der Waals surface area contributed by atoms with Gasteiger partial charge in [-0.15, -0.1) is 0 Å². The van der Waals surface area contributed by atoms with Gasteiger partial charge < -0.3 is 5.32 Å². The maximum atomic E-state index is 12.0. The lowest BCUT2D eigenvalue weighted by molar-refractivity contribution is 0.0943. The Morgan fingerprint density at radius 2 is 1.95 bits per heavy atom. The third-order valence-corrected chi connectivity index (χ3v) is 5.06. The summed E-state index contributed by atoms with van der Waals surface area (Å²) in [4.78, 5) is 14.1. The van der Waals surface area contributed by atoms with Gasteiger partial charge in [0.25, 0.3) is 5.91 Å². The molecule has 1 fully saturated rings. The maximum absolute atomic E-state index is 12.0. The van der Waals surface area contributed by atoms with Crippen molar-refractivity contribution in [2.75, 3.05) is 24.6 Å². The van der Waals surface area contributed by atoms with Gasteiger partial charge in [-0.05, 0) is 31.5 Å². The Morgan fingerprint density at radius 1 is 1.29 bits per heavy atom. The lowest BCUT2D eigenvalue weighted by Gasteiger charge is -2.26. The molecule has 0 bridgehead atoms. The van der Waals surface area contributed by atoms with Gasteiger partial charge in [0.15, 0.2) is 9.84 Å². The summed E-state index contributed by atoms with van der Waals surface area (Å²) >= 11 is 0. The minimum absolute atomic E-state index is 0.0759. The Hall–Kier alpha value is -1.40. The highest BCUT2D eigenvalue weighted by Gasteiger charge is 2.21. The first-order valence-corrected chi connectivity index (χ1v) is 9.00. The van der Waals surface area contributed by atoms with Crippen molar-refractivity contribution >= 4 is 15.7 Å². The number of sulfone groups is 1. The molecule has 1 N–H and O–H groups in total. The summed E-state index contributed by atoms with van der Waals surface area (Å²) in [5.41, 5.74) is 1.68. The molecule has 0 spiro atoms. The highest BCUT2D eigenvalue weighted by Crippen LogP contribution is 2.12. The van der Waals surface area contributed by atoms with Gasteiger partial charge in [-0.3, -0.25) is 9.69 Å². The average Bonchev–Trinajstić information content (AvgIpc) is 2.41. The molecule has 1 aliphatic rings. The summed E-state index contributed by atoms with van der Waals surface area (Å²) in [5, 5.41) is 2.87. The normalized spacial score (nSPS) is 18.6. The van der Waals surface area contributed by atoms with Crippen LogP contribution in [0.5, 0.6) is 0 Å². The molecular weight excluding hydrogens is 288 g/mol. The van der Waals surface area contributed by atoms with Gasteiger partial charge in [0.1, 0.15) is 0 Å². The first-order valence-electron chi connectivity index (χ1n) is 7.18. The molecule has 116 valence electrons. The predicted molar refractivity (Wildman–Crippen MR) is 83.0 cm³/mol. The van der Waals surface area contributed by atoms with E-state index in [2.05, 4.69) is 10.2 Å². The fraction of sp³-hybridized carbons (Fsp3) is 0.533. The summed E-state index contributed by atoms with van der Waals surface area (Å²) in [7, 11) is -2.85. The standard InChI is InChI=1S/C15H22N2O3S/c1-12(2)16-15(18)14-5-3-4-13(10-14)11-17-6-8-21(19,20)9-7-17/h3-5,10,12H,6-9,11H2,1-2H3,(H,16,18). The Morgan fingerprint density at radius 3 is 2.57 bits per heavy atom. The molecule has 2 rings (SSSR count). The van der Waals surface area contributed by atoms with Crippen molar-refractivity contribution < 1.29 is 13.2 Å². The van der Waals surface area contributed by atoms with Gasteiger partial charge in [-0.2, -0.15) is 0 Å². The van der Waals surface area contributed by atoms with Gasteiger partial charge in [-0.1, -0.05) is 12.1 Å². The van der Waals surface area contributed by atoms with Gasteiger partial charge >= 0.3 is 0 Å². The molecule has 1 amide bonds. The number of amides is 1. The van der Waals surface area contributed by atoms with Crippen LogP contribution in [0, 0.1) is 0 Å². The lowest BCUT2D eigenvalue weighted by atomic mass is 10.1. The smallest absolute Gasteiger partial charge is 0.251 e. The molecule has 1 aromatic rings. The van der Waals surface area contributed by atoms with Crippen molar-refractivity contribution in [1.82, 2.24) is 10.2 Å². The van der Waals surface area contributed by atoms with Crippen molar-refractivity contribution in [2.24, 2.45) is 0 Å². The van der Waals surface area contributed by atoms with E-state index < -0.39 is 9.84 Å². The molecule has 1 heterocycles. The first kappa shape index (κ1) is 16.0. The zero-order chi connectivity index (χ0) is 15.5. The summed E-state index contributed by atoms with van der Waals surface area (Å²) < 4.78 is 22.8. The van der Waals surface area contributed by atoms with E-state index in [1.807, 2.05) is 32.0 Å². The highest BCUT2D eigenvalue weighted by molar-refractivity contribution is 7.91. The maximum Gasteiger partial charge on any atom is 0.251 e. The molecule has 0 unspecified atom stereocenters. The molecule has 21 heavy (non-hydrogen) atoms. The van der Waals surface area contributed by atoms with E-state index in [0.717, 1.165) is 5.56 Å². The van der Waals surface area contributed by atoms with Crippen molar-refractivity contribution in [3.63, 3.8) is 0 Å². The fourth-order valence-electron chi connectivity index (χ4n) is 2.32. The molecule has 0 radical (unpaired) electrons. The van der Waals surface area contributed by atoms with E-state index in [0.29, 0.717) is 25.2 Å². The Kier molecular flexibility index (Phi) is 5.00. The number of hydrogen-bond acceptors (Lipinski definition) is 4. The van der Waals surface area contributed by atoms with Crippen LogP contribution >= 0.6 is 0 Å². The topological polar surface area (TPSA) is 66.5 Å². The van der Waals surface area contributed by atoms with Gasteiger partial charge in [0, 0.05) is 31.2 Å². The molecule has 5 nitrogen and oxygen atoms in total. The quantitative estimate of drug-likeness (QED) is 0.903. The van der Waals surface area contributed by atoms with Crippen molar-refractivity contribution in [3.05, 3.63) is 35.4 Å². The minimum atomic E-state index is -2.85.